The lowest BCUT2D eigenvalue weighted by Gasteiger charge is -2.10. The monoisotopic (exact) mass is 224 g/mol. The molecule has 1 rings (SSSR count). The number of primary amides is 1. The third-order valence-electron chi connectivity index (χ3n) is 2.19. The van der Waals surface area contributed by atoms with Crippen LogP contribution in [0.15, 0.2) is 18.2 Å². The molecule has 4 nitrogen and oxygen atoms in total. The summed E-state index contributed by atoms with van der Waals surface area (Å²) in [6.45, 7) is 3.04. The van der Waals surface area contributed by atoms with Crippen LogP contribution < -0.4 is 11.1 Å². The van der Waals surface area contributed by atoms with Gasteiger partial charge in [-0.2, -0.15) is 0 Å². The normalized spacial score (nSPS) is 11.9. The number of benzene rings is 1. The highest BCUT2D eigenvalue weighted by atomic mass is 19.1. The van der Waals surface area contributed by atoms with Gasteiger partial charge in [-0.1, -0.05) is 0 Å². The van der Waals surface area contributed by atoms with Crippen molar-refractivity contribution in [3.8, 4) is 0 Å². The van der Waals surface area contributed by atoms with Crippen LogP contribution in [0.1, 0.15) is 22.8 Å². The van der Waals surface area contributed by atoms with Crippen molar-refractivity contribution >= 4 is 11.8 Å². The Kier molecular flexibility index (Phi) is 3.60. The molecule has 0 aromatic heterocycles. The first kappa shape index (κ1) is 12.2. The van der Waals surface area contributed by atoms with E-state index in [0.717, 1.165) is 0 Å². The fourth-order valence-corrected chi connectivity index (χ4v) is 1.14. The maximum Gasteiger partial charge on any atom is 0.251 e. The van der Waals surface area contributed by atoms with Gasteiger partial charge in [-0.05, 0) is 37.6 Å². The van der Waals surface area contributed by atoms with E-state index >= 15 is 0 Å². The topological polar surface area (TPSA) is 72.2 Å². The molecule has 0 fully saturated rings. The second kappa shape index (κ2) is 4.74. The number of rotatable bonds is 3. The Morgan fingerprint density at radius 3 is 2.56 bits per heavy atom. The fraction of sp³-hybridized carbons (Fsp3) is 0.273. The van der Waals surface area contributed by atoms with Crippen LogP contribution in [0.2, 0.25) is 0 Å². The van der Waals surface area contributed by atoms with Crippen molar-refractivity contribution in [1.29, 1.82) is 0 Å². The third kappa shape index (κ3) is 2.79. The van der Waals surface area contributed by atoms with Crippen LogP contribution in [-0.4, -0.2) is 17.9 Å². The molecule has 5 heteroatoms. The molecule has 86 valence electrons. The molecule has 0 unspecified atom stereocenters. The number of hydrogen-bond donors (Lipinski definition) is 2. The molecule has 0 aliphatic heterocycles. The standard InChI is InChI=1S/C11H13FN2O2/c1-6-5-8(3-4-9(6)12)11(16)14-7(2)10(13)15/h3-5,7H,1-2H3,(H2,13,15)(H,14,16)/t7-/m0/s1. The molecule has 0 radical (unpaired) electrons. The molecule has 0 spiro atoms. The maximum atomic E-state index is 12.9. The first-order chi connectivity index (χ1) is 7.41. The summed E-state index contributed by atoms with van der Waals surface area (Å²) in [6, 6.07) is 3.22. The van der Waals surface area contributed by atoms with Crippen molar-refractivity contribution in [2.24, 2.45) is 5.73 Å². The van der Waals surface area contributed by atoms with Gasteiger partial charge in [0.2, 0.25) is 5.91 Å². The van der Waals surface area contributed by atoms with E-state index in [2.05, 4.69) is 5.32 Å². The highest BCUT2D eigenvalue weighted by Crippen LogP contribution is 2.09. The van der Waals surface area contributed by atoms with Crippen LogP contribution in [0.4, 0.5) is 4.39 Å². The van der Waals surface area contributed by atoms with Crippen molar-refractivity contribution in [1.82, 2.24) is 5.32 Å². The molecular weight excluding hydrogens is 211 g/mol. The molecule has 1 atom stereocenters. The van der Waals surface area contributed by atoms with E-state index in [1.54, 1.807) is 6.92 Å². The van der Waals surface area contributed by atoms with E-state index in [4.69, 9.17) is 5.73 Å². The number of carbonyl (C=O) groups is 2. The van der Waals surface area contributed by atoms with Crippen LogP contribution in [-0.2, 0) is 4.79 Å². The van der Waals surface area contributed by atoms with Crippen molar-refractivity contribution in [2.75, 3.05) is 0 Å². The number of nitrogens with two attached hydrogens (primary N) is 1. The number of halogens is 1. The number of carbonyl (C=O) groups excluding carboxylic acids is 2. The molecule has 0 heterocycles. The lowest BCUT2D eigenvalue weighted by atomic mass is 10.1. The van der Waals surface area contributed by atoms with Crippen LogP contribution >= 0.6 is 0 Å². The summed E-state index contributed by atoms with van der Waals surface area (Å²) in [6.07, 6.45) is 0. The Balaban J connectivity index is 2.81. The Hall–Kier alpha value is -1.91. The largest absolute Gasteiger partial charge is 0.368 e. The van der Waals surface area contributed by atoms with Crippen LogP contribution in [0, 0.1) is 12.7 Å². The molecule has 2 amide bonds. The molecule has 0 bridgehead atoms. The minimum Gasteiger partial charge on any atom is -0.368 e. The molecule has 3 N–H and O–H groups in total. The summed E-state index contributed by atoms with van der Waals surface area (Å²) < 4.78 is 12.9. The molecule has 16 heavy (non-hydrogen) atoms. The van der Waals surface area contributed by atoms with Gasteiger partial charge in [-0.3, -0.25) is 9.59 Å². The summed E-state index contributed by atoms with van der Waals surface area (Å²) in [5.41, 5.74) is 5.68. The average molecular weight is 224 g/mol. The Labute approximate surface area is 92.6 Å². The van der Waals surface area contributed by atoms with Crippen LogP contribution in [0.5, 0.6) is 0 Å². The third-order valence-corrected chi connectivity index (χ3v) is 2.19. The molecular formula is C11H13FN2O2. The zero-order chi connectivity index (χ0) is 12.3. The lowest BCUT2D eigenvalue weighted by molar-refractivity contribution is -0.119. The lowest BCUT2D eigenvalue weighted by Crippen LogP contribution is -2.42. The van der Waals surface area contributed by atoms with Gasteiger partial charge in [-0.15, -0.1) is 0 Å². The van der Waals surface area contributed by atoms with Gasteiger partial charge in [0.25, 0.3) is 5.91 Å². The van der Waals surface area contributed by atoms with Gasteiger partial charge in [0.05, 0.1) is 0 Å². The highest BCUT2D eigenvalue weighted by Gasteiger charge is 2.14. The predicted molar refractivity (Wildman–Crippen MR) is 57.3 cm³/mol. The van der Waals surface area contributed by atoms with Crippen molar-refractivity contribution in [2.45, 2.75) is 19.9 Å². The smallest absolute Gasteiger partial charge is 0.251 e. The Morgan fingerprint density at radius 1 is 1.44 bits per heavy atom. The first-order valence-electron chi connectivity index (χ1n) is 4.78. The van der Waals surface area contributed by atoms with E-state index in [1.165, 1.54) is 25.1 Å². The summed E-state index contributed by atoms with van der Waals surface area (Å²) in [5, 5.41) is 2.41. The van der Waals surface area contributed by atoms with Gasteiger partial charge in [0.1, 0.15) is 11.9 Å². The minimum absolute atomic E-state index is 0.298. The number of amides is 2. The zero-order valence-electron chi connectivity index (χ0n) is 9.08. The number of aryl methyl sites for hydroxylation is 1. The summed E-state index contributed by atoms with van der Waals surface area (Å²) in [5.74, 6) is -1.44. The molecule has 0 aliphatic rings. The van der Waals surface area contributed by atoms with Crippen molar-refractivity contribution < 1.29 is 14.0 Å². The molecule has 0 saturated heterocycles. The van der Waals surface area contributed by atoms with E-state index in [1.807, 2.05) is 0 Å². The minimum atomic E-state index is -0.752. The Morgan fingerprint density at radius 2 is 2.06 bits per heavy atom. The van der Waals surface area contributed by atoms with E-state index in [-0.39, 0.29) is 5.82 Å². The van der Waals surface area contributed by atoms with Crippen LogP contribution in [0.25, 0.3) is 0 Å². The molecule has 0 aliphatic carbocycles. The molecule has 0 saturated carbocycles. The quantitative estimate of drug-likeness (QED) is 0.794. The summed E-state index contributed by atoms with van der Waals surface area (Å²) in [4.78, 5) is 22.3. The van der Waals surface area contributed by atoms with Crippen LogP contribution in [0.3, 0.4) is 0 Å². The van der Waals surface area contributed by atoms with Crippen molar-refractivity contribution in [3.63, 3.8) is 0 Å². The second-order valence-electron chi connectivity index (χ2n) is 3.56. The van der Waals surface area contributed by atoms with Gasteiger partial charge in [0.15, 0.2) is 0 Å². The summed E-state index contributed by atoms with van der Waals surface area (Å²) >= 11 is 0. The van der Waals surface area contributed by atoms with E-state index in [0.29, 0.717) is 11.1 Å². The van der Waals surface area contributed by atoms with Crippen molar-refractivity contribution in [3.05, 3.63) is 35.1 Å². The SMILES string of the molecule is Cc1cc(C(=O)N[C@@H](C)C(N)=O)ccc1F. The maximum absolute atomic E-state index is 12.9. The second-order valence-corrected chi connectivity index (χ2v) is 3.56. The average Bonchev–Trinajstić information content (AvgIpc) is 2.21. The van der Waals surface area contributed by atoms with E-state index < -0.39 is 17.9 Å². The molecule has 1 aromatic carbocycles. The number of nitrogens with one attached hydrogen (secondary N) is 1. The van der Waals surface area contributed by atoms with Gasteiger partial charge in [-0.25, -0.2) is 4.39 Å². The fourth-order valence-electron chi connectivity index (χ4n) is 1.14. The van der Waals surface area contributed by atoms with Gasteiger partial charge < -0.3 is 11.1 Å². The van der Waals surface area contributed by atoms with Gasteiger partial charge >= 0.3 is 0 Å². The Bertz CT molecular complexity index is 432. The zero-order valence-corrected chi connectivity index (χ0v) is 9.08. The van der Waals surface area contributed by atoms with E-state index in [9.17, 15) is 14.0 Å². The first-order valence-corrected chi connectivity index (χ1v) is 4.78. The molecule has 1 aromatic rings. The predicted octanol–water partition coefficient (Wildman–Crippen LogP) is 0.738. The summed E-state index contributed by atoms with van der Waals surface area (Å²) in [7, 11) is 0. The van der Waals surface area contributed by atoms with Gasteiger partial charge in [0, 0.05) is 5.56 Å². The highest BCUT2D eigenvalue weighted by molar-refractivity contribution is 5.97. The number of hydrogen-bond acceptors (Lipinski definition) is 2.